The molecule has 1 amide bonds. The maximum Gasteiger partial charge on any atom is 0.259 e. The van der Waals surface area contributed by atoms with Gasteiger partial charge in [0.15, 0.2) is 0 Å². The Balaban J connectivity index is 1.84. The number of aryl methyl sites for hydroxylation is 1. The number of carboxylic acids is 1. The third-order valence-corrected chi connectivity index (χ3v) is 3.16. The van der Waals surface area contributed by atoms with E-state index in [9.17, 15) is 14.7 Å². The van der Waals surface area contributed by atoms with Crippen LogP contribution in [0.25, 0.3) is 0 Å². The molecule has 2 N–H and O–H groups in total. The summed E-state index contributed by atoms with van der Waals surface area (Å²) in [5.41, 5.74) is 4.90. The number of anilines is 1. The average Bonchev–Trinajstić information content (AvgIpc) is 2.60. The zero-order valence-corrected chi connectivity index (χ0v) is 13.7. The first kappa shape index (κ1) is 18.0. The Kier molecular flexibility index (Phi) is 6.53. The number of amides is 1. The molecule has 7 heteroatoms. The predicted molar refractivity (Wildman–Crippen MR) is 92.3 cm³/mol. The van der Waals surface area contributed by atoms with Gasteiger partial charge in [-0.05, 0) is 31.2 Å². The Bertz CT molecular complexity index is 757. The molecule has 0 atom stereocenters. The van der Waals surface area contributed by atoms with Crippen molar-refractivity contribution in [2.75, 3.05) is 18.5 Å². The van der Waals surface area contributed by atoms with Gasteiger partial charge in [-0.3, -0.25) is 4.79 Å². The molecule has 2 aromatic rings. The number of hydrazone groups is 1. The number of aliphatic carboxylic acids is 1. The molecule has 2 rings (SSSR count). The lowest BCUT2D eigenvalue weighted by atomic mass is 10.2. The van der Waals surface area contributed by atoms with Crippen LogP contribution in [0.5, 0.6) is 5.75 Å². The van der Waals surface area contributed by atoms with E-state index < -0.39 is 12.6 Å². The molecule has 0 aliphatic carbocycles. The van der Waals surface area contributed by atoms with Crippen LogP contribution in [0.4, 0.5) is 5.69 Å². The molecule has 2 aromatic carbocycles. The van der Waals surface area contributed by atoms with Gasteiger partial charge in [-0.2, -0.15) is 5.10 Å². The van der Waals surface area contributed by atoms with Gasteiger partial charge in [0.25, 0.3) is 5.91 Å². The minimum absolute atomic E-state index is 0.0727. The van der Waals surface area contributed by atoms with Gasteiger partial charge in [0.2, 0.25) is 0 Å². The molecule has 0 aromatic heterocycles. The number of hydrogen-bond donors (Lipinski definition) is 2. The molecule has 7 nitrogen and oxygen atoms in total. The largest absolute Gasteiger partial charge is 0.546 e. The van der Waals surface area contributed by atoms with E-state index in [1.54, 1.807) is 24.3 Å². The van der Waals surface area contributed by atoms with Gasteiger partial charge in [0.1, 0.15) is 12.4 Å². The summed E-state index contributed by atoms with van der Waals surface area (Å²) in [5, 5.41) is 17.3. The highest BCUT2D eigenvalue weighted by molar-refractivity contribution is 5.86. The number of para-hydroxylation sites is 1. The molecule has 0 aliphatic rings. The van der Waals surface area contributed by atoms with Gasteiger partial charge in [0, 0.05) is 11.3 Å². The minimum atomic E-state index is -1.32. The standard InChI is InChI=1S/C18H19N3O4/c1-13-6-8-15(9-7-13)19-11-17(22)21-20-10-14-4-2-3-5-16(14)25-12-18(23)24/h2-10,19H,11-12H2,1H3,(H,21,22)(H,23,24)/p-1/b20-10-. The quantitative estimate of drug-likeness (QED) is 0.543. The second kappa shape index (κ2) is 9.07. The molecule has 0 spiro atoms. The summed E-state index contributed by atoms with van der Waals surface area (Å²) in [6.07, 6.45) is 1.38. The Morgan fingerprint density at radius 2 is 1.88 bits per heavy atom. The smallest absolute Gasteiger partial charge is 0.259 e. The van der Waals surface area contributed by atoms with Gasteiger partial charge < -0.3 is 20.0 Å². The summed E-state index contributed by atoms with van der Waals surface area (Å²) in [6.45, 7) is 1.50. The van der Waals surface area contributed by atoms with E-state index in [1.807, 2.05) is 31.2 Å². The van der Waals surface area contributed by atoms with Crippen molar-refractivity contribution in [2.24, 2.45) is 5.10 Å². The maximum atomic E-state index is 11.8. The molecule has 0 aliphatic heterocycles. The van der Waals surface area contributed by atoms with Crippen LogP contribution < -0.4 is 20.6 Å². The molecule has 0 heterocycles. The Morgan fingerprint density at radius 1 is 1.16 bits per heavy atom. The van der Waals surface area contributed by atoms with Gasteiger partial charge >= 0.3 is 0 Å². The lowest BCUT2D eigenvalue weighted by Gasteiger charge is -2.09. The number of carbonyl (C=O) groups is 2. The predicted octanol–water partition coefficient (Wildman–Crippen LogP) is 0.686. The number of rotatable bonds is 8. The molecule has 0 radical (unpaired) electrons. The average molecular weight is 340 g/mol. The van der Waals surface area contributed by atoms with Crippen LogP contribution in [0.15, 0.2) is 53.6 Å². The summed E-state index contributed by atoms with van der Waals surface area (Å²) >= 11 is 0. The van der Waals surface area contributed by atoms with E-state index in [-0.39, 0.29) is 12.5 Å². The van der Waals surface area contributed by atoms with Gasteiger partial charge in [-0.1, -0.05) is 29.8 Å². The maximum absolute atomic E-state index is 11.8. The highest BCUT2D eigenvalue weighted by atomic mass is 16.5. The van der Waals surface area contributed by atoms with Crippen LogP contribution in [0.3, 0.4) is 0 Å². The number of nitrogens with one attached hydrogen (secondary N) is 2. The van der Waals surface area contributed by atoms with Crippen molar-refractivity contribution < 1.29 is 19.4 Å². The van der Waals surface area contributed by atoms with E-state index in [0.717, 1.165) is 11.3 Å². The van der Waals surface area contributed by atoms with Crippen molar-refractivity contribution in [1.29, 1.82) is 0 Å². The molecule has 0 saturated carbocycles. The molecule has 130 valence electrons. The lowest BCUT2D eigenvalue weighted by molar-refractivity contribution is -0.307. The van der Waals surface area contributed by atoms with Crippen LogP contribution in [0.2, 0.25) is 0 Å². The fourth-order valence-corrected chi connectivity index (χ4v) is 1.92. The van der Waals surface area contributed by atoms with Crippen molar-refractivity contribution >= 4 is 23.8 Å². The van der Waals surface area contributed by atoms with E-state index in [0.29, 0.717) is 11.3 Å². The number of benzene rings is 2. The van der Waals surface area contributed by atoms with Crippen molar-refractivity contribution in [3.05, 3.63) is 59.7 Å². The summed E-state index contributed by atoms with van der Waals surface area (Å²) < 4.78 is 5.09. The third kappa shape index (κ3) is 6.34. The first-order valence-electron chi connectivity index (χ1n) is 7.59. The summed E-state index contributed by atoms with van der Waals surface area (Å²) in [7, 11) is 0. The highest BCUT2D eigenvalue weighted by Gasteiger charge is 2.02. The van der Waals surface area contributed by atoms with Crippen molar-refractivity contribution in [3.8, 4) is 5.75 Å². The third-order valence-electron chi connectivity index (χ3n) is 3.16. The topological polar surface area (TPSA) is 103 Å². The van der Waals surface area contributed by atoms with Crippen molar-refractivity contribution in [3.63, 3.8) is 0 Å². The van der Waals surface area contributed by atoms with Crippen LogP contribution in [0, 0.1) is 6.92 Å². The van der Waals surface area contributed by atoms with Gasteiger partial charge in [-0.25, -0.2) is 5.43 Å². The molecule has 0 fully saturated rings. The molecular formula is C18H18N3O4-. The molecule has 25 heavy (non-hydrogen) atoms. The fourth-order valence-electron chi connectivity index (χ4n) is 1.92. The monoisotopic (exact) mass is 340 g/mol. The van der Waals surface area contributed by atoms with Gasteiger partial charge in [0.05, 0.1) is 18.7 Å². The van der Waals surface area contributed by atoms with Crippen molar-refractivity contribution in [1.82, 2.24) is 5.43 Å². The lowest BCUT2D eigenvalue weighted by Crippen LogP contribution is -2.29. The van der Waals surface area contributed by atoms with Gasteiger partial charge in [-0.15, -0.1) is 0 Å². The van der Waals surface area contributed by atoms with Crippen LogP contribution in [-0.4, -0.2) is 31.2 Å². The summed E-state index contributed by atoms with van der Waals surface area (Å²) in [6, 6.07) is 14.4. The first-order valence-corrected chi connectivity index (χ1v) is 7.59. The first-order chi connectivity index (χ1) is 12.0. The zero-order chi connectivity index (χ0) is 18.1. The van der Waals surface area contributed by atoms with E-state index in [4.69, 9.17) is 4.74 Å². The van der Waals surface area contributed by atoms with Crippen LogP contribution >= 0.6 is 0 Å². The Morgan fingerprint density at radius 3 is 2.60 bits per heavy atom. The number of carbonyl (C=O) groups excluding carboxylic acids is 2. The van der Waals surface area contributed by atoms with E-state index in [2.05, 4.69) is 15.8 Å². The van der Waals surface area contributed by atoms with Crippen LogP contribution in [0.1, 0.15) is 11.1 Å². The Hall–Kier alpha value is -3.35. The zero-order valence-electron chi connectivity index (χ0n) is 13.7. The van der Waals surface area contributed by atoms with Crippen molar-refractivity contribution in [2.45, 2.75) is 6.92 Å². The molecule has 0 bridgehead atoms. The minimum Gasteiger partial charge on any atom is -0.546 e. The SMILES string of the molecule is Cc1ccc(NCC(=O)N/N=C\c2ccccc2OCC(=O)[O-])cc1. The van der Waals surface area contributed by atoms with E-state index >= 15 is 0 Å². The summed E-state index contributed by atoms with van der Waals surface area (Å²) in [5.74, 6) is -1.30. The Labute approximate surface area is 145 Å². The van der Waals surface area contributed by atoms with E-state index in [1.165, 1.54) is 6.21 Å². The van der Waals surface area contributed by atoms with Crippen LogP contribution in [-0.2, 0) is 9.59 Å². The molecule has 0 unspecified atom stereocenters. The number of hydrogen-bond acceptors (Lipinski definition) is 6. The molecule has 0 saturated heterocycles. The number of carboxylic acid groups (broad SMARTS) is 1. The fraction of sp³-hybridized carbons (Fsp3) is 0.167. The highest BCUT2D eigenvalue weighted by Crippen LogP contribution is 2.15. The normalized spacial score (nSPS) is 10.4. The second-order valence-corrected chi connectivity index (χ2v) is 5.21. The molecular weight excluding hydrogens is 322 g/mol. The second-order valence-electron chi connectivity index (χ2n) is 5.21. The summed E-state index contributed by atoms with van der Waals surface area (Å²) in [4.78, 5) is 22.2. The number of ether oxygens (including phenoxy) is 1. The number of nitrogens with zero attached hydrogens (tertiary/aromatic N) is 1.